The maximum absolute atomic E-state index is 4.74. The molecule has 5 heteroatoms. The summed E-state index contributed by atoms with van der Waals surface area (Å²) >= 11 is 2.33. The van der Waals surface area contributed by atoms with Crippen molar-refractivity contribution in [3.8, 4) is 0 Å². The topological polar surface area (TPSA) is 41.1 Å². The van der Waals surface area contributed by atoms with Gasteiger partial charge >= 0.3 is 0 Å². The molecular weight excluding hydrogens is 351 g/mol. The van der Waals surface area contributed by atoms with Crippen molar-refractivity contribution in [1.82, 2.24) is 14.9 Å². The third-order valence-electron chi connectivity index (χ3n) is 3.25. The van der Waals surface area contributed by atoms with Crippen molar-refractivity contribution >= 4 is 28.4 Å². The van der Waals surface area contributed by atoms with Crippen LogP contribution < -0.4 is 5.32 Å². The molecule has 0 fully saturated rings. The summed E-state index contributed by atoms with van der Waals surface area (Å²) in [6, 6.07) is 0. The molecule has 0 radical (unpaired) electrons. The zero-order valence-corrected chi connectivity index (χ0v) is 14.8. The van der Waals surface area contributed by atoms with Crippen molar-refractivity contribution in [1.29, 1.82) is 0 Å². The summed E-state index contributed by atoms with van der Waals surface area (Å²) < 4.78 is 1.14. The number of anilines is 1. The van der Waals surface area contributed by atoms with E-state index in [0.717, 1.165) is 47.0 Å². The summed E-state index contributed by atoms with van der Waals surface area (Å²) in [7, 11) is 1.92. The van der Waals surface area contributed by atoms with Crippen LogP contribution in [-0.2, 0) is 6.42 Å². The summed E-state index contributed by atoms with van der Waals surface area (Å²) in [6.45, 7) is 11.9. The molecule has 0 saturated heterocycles. The third-order valence-corrected chi connectivity index (χ3v) is 4.32. The van der Waals surface area contributed by atoms with Gasteiger partial charge in [0.1, 0.15) is 11.6 Å². The fourth-order valence-corrected chi connectivity index (χ4v) is 3.10. The summed E-state index contributed by atoms with van der Waals surface area (Å²) in [4.78, 5) is 11.8. The van der Waals surface area contributed by atoms with Gasteiger partial charge < -0.3 is 10.2 Å². The quantitative estimate of drug-likeness (QED) is 0.743. The van der Waals surface area contributed by atoms with E-state index in [4.69, 9.17) is 4.98 Å². The first-order valence-corrected chi connectivity index (χ1v) is 8.07. The molecule has 0 bridgehead atoms. The Bertz CT molecular complexity index is 403. The van der Waals surface area contributed by atoms with Gasteiger partial charge in [0.25, 0.3) is 0 Å². The molecule has 0 spiro atoms. The average Bonchev–Trinajstić information content (AvgIpc) is 2.40. The Morgan fingerprint density at radius 3 is 2.32 bits per heavy atom. The fourth-order valence-electron chi connectivity index (χ4n) is 1.97. The number of nitrogens with one attached hydrogen (secondary N) is 1. The van der Waals surface area contributed by atoms with Gasteiger partial charge in [-0.05, 0) is 41.6 Å². The smallest absolute Gasteiger partial charge is 0.143 e. The van der Waals surface area contributed by atoms with E-state index < -0.39 is 0 Å². The maximum Gasteiger partial charge on any atom is 0.143 e. The molecule has 19 heavy (non-hydrogen) atoms. The molecule has 4 nitrogen and oxygen atoms in total. The van der Waals surface area contributed by atoms with Gasteiger partial charge in [0.05, 0.1) is 9.26 Å². The van der Waals surface area contributed by atoms with E-state index in [1.54, 1.807) is 0 Å². The highest BCUT2D eigenvalue weighted by Crippen LogP contribution is 2.24. The van der Waals surface area contributed by atoms with E-state index in [1.165, 1.54) is 0 Å². The van der Waals surface area contributed by atoms with Gasteiger partial charge in [-0.1, -0.05) is 27.7 Å². The highest BCUT2D eigenvalue weighted by molar-refractivity contribution is 14.1. The normalized spacial score (nSPS) is 11.4. The standard InChI is InChI=1S/C14H25IN4/c1-6-19(7-2)9-8-11-17-13(10(3)4)12(15)14(16-5)18-11/h10H,6-9H2,1-5H3,(H,16,17,18). The minimum Gasteiger partial charge on any atom is -0.372 e. The summed E-state index contributed by atoms with van der Waals surface area (Å²) in [5.74, 6) is 2.32. The number of aromatic nitrogens is 2. The van der Waals surface area contributed by atoms with Crippen LogP contribution in [-0.4, -0.2) is 41.5 Å². The van der Waals surface area contributed by atoms with E-state index in [-0.39, 0.29) is 0 Å². The summed E-state index contributed by atoms with van der Waals surface area (Å²) in [6.07, 6.45) is 0.910. The molecule has 0 amide bonds. The largest absolute Gasteiger partial charge is 0.372 e. The zero-order chi connectivity index (χ0) is 14.4. The van der Waals surface area contributed by atoms with Crippen molar-refractivity contribution in [3.63, 3.8) is 0 Å². The zero-order valence-electron chi connectivity index (χ0n) is 12.6. The Balaban J connectivity index is 2.92. The summed E-state index contributed by atoms with van der Waals surface area (Å²) in [5.41, 5.74) is 1.15. The Hall–Kier alpha value is -0.430. The van der Waals surface area contributed by atoms with Crippen molar-refractivity contribution in [3.05, 3.63) is 15.1 Å². The Labute approximate surface area is 130 Å². The van der Waals surface area contributed by atoms with Crippen LogP contribution in [0.1, 0.15) is 45.1 Å². The highest BCUT2D eigenvalue weighted by atomic mass is 127. The van der Waals surface area contributed by atoms with Gasteiger partial charge in [0.2, 0.25) is 0 Å². The summed E-state index contributed by atoms with van der Waals surface area (Å²) in [5, 5.41) is 3.17. The van der Waals surface area contributed by atoms with Crippen molar-refractivity contribution < 1.29 is 0 Å². The van der Waals surface area contributed by atoms with Crippen LogP contribution in [0.3, 0.4) is 0 Å². The number of nitrogens with zero attached hydrogens (tertiary/aromatic N) is 3. The van der Waals surface area contributed by atoms with Gasteiger partial charge in [-0.3, -0.25) is 0 Å². The number of hydrogen-bond acceptors (Lipinski definition) is 4. The van der Waals surface area contributed by atoms with E-state index in [2.05, 4.69) is 65.5 Å². The van der Waals surface area contributed by atoms with Crippen molar-refractivity contribution in [2.24, 2.45) is 0 Å². The molecule has 0 aromatic carbocycles. The van der Waals surface area contributed by atoms with E-state index in [9.17, 15) is 0 Å². The molecular formula is C14H25IN4. The van der Waals surface area contributed by atoms with Crippen LogP contribution in [0.4, 0.5) is 5.82 Å². The van der Waals surface area contributed by atoms with Crippen LogP contribution in [0.25, 0.3) is 0 Å². The van der Waals surface area contributed by atoms with Crippen molar-refractivity contribution in [2.75, 3.05) is 32.0 Å². The molecule has 0 saturated carbocycles. The minimum atomic E-state index is 0.425. The molecule has 0 atom stereocenters. The molecule has 0 unspecified atom stereocenters. The van der Waals surface area contributed by atoms with Crippen LogP contribution in [0, 0.1) is 3.57 Å². The van der Waals surface area contributed by atoms with Crippen LogP contribution in [0.5, 0.6) is 0 Å². The molecule has 0 aliphatic carbocycles. The number of rotatable bonds is 7. The van der Waals surface area contributed by atoms with Crippen LogP contribution >= 0.6 is 22.6 Å². The highest BCUT2D eigenvalue weighted by Gasteiger charge is 2.14. The lowest BCUT2D eigenvalue weighted by Crippen LogP contribution is -2.26. The van der Waals surface area contributed by atoms with Gasteiger partial charge in [0, 0.05) is 20.0 Å². The van der Waals surface area contributed by atoms with E-state index in [0.29, 0.717) is 5.92 Å². The Morgan fingerprint density at radius 2 is 1.84 bits per heavy atom. The molecule has 0 aliphatic rings. The van der Waals surface area contributed by atoms with E-state index >= 15 is 0 Å². The number of hydrogen-bond donors (Lipinski definition) is 1. The molecule has 1 aromatic heterocycles. The maximum atomic E-state index is 4.74. The second-order valence-corrected chi connectivity index (χ2v) is 5.95. The van der Waals surface area contributed by atoms with Gasteiger partial charge in [0.15, 0.2) is 0 Å². The Kier molecular flexibility index (Phi) is 6.99. The Morgan fingerprint density at radius 1 is 1.21 bits per heavy atom. The average molecular weight is 376 g/mol. The van der Waals surface area contributed by atoms with Gasteiger partial charge in [-0.2, -0.15) is 0 Å². The lowest BCUT2D eigenvalue weighted by molar-refractivity contribution is 0.305. The van der Waals surface area contributed by atoms with Gasteiger partial charge in [-0.25, -0.2) is 9.97 Å². The molecule has 1 heterocycles. The van der Waals surface area contributed by atoms with Crippen LogP contribution in [0.2, 0.25) is 0 Å². The molecule has 108 valence electrons. The second-order valence-electron chi connectivity index (χ2n) is 4.87. The minimum absolute atomic E-state index is 0.425. The molecule has 1 N–H and O–H groups in total. The molecule has 0 aliphatic heterocycles. The van der Waals surface area contributed by atoms with Crippen LogP contribution in [0.15, 0.2) is 0 Å². The first-order chi connectivity index (χ1) is 9.03. The first-order valence-electron chi connectivity index (χ1n) is 6.99. The SMILES string of the molecule is CCN(CC)CCc1nc(NC)c(I)c(C(C)C)n1. The lowest BCUT2D eigenvalue weighted by Gasteiger charge is -2.18. The van der Waals surface area contributed by atoms with Gasteiger partial charge in [-0.15, -0.1) is 0 Å². The molecule has 1 aromatic rings. The number of halogens is 1. The lowest BCUT2D eigenvalue weighted by atomic mass is 10.1. The predicted octanol–water partition coefficient (Wildman–Crippen LogP) is 3.13. The predicted molar refractivity (Wildman–Crippen MR) is 89.9 cm³/mol. The van der Waals surface area contributed by atoms with E-state index in [1.807, 2.05) is 7.05 Å². The molecule has 1 rings (SSSR count). The van der Waals surface area contributed by atoms with Crippen molar-refractivity contribution in [2.45, 2.75) is 40.0 Å². The second kappa shape index (κ2) is 7.99. The fraction of sp³-hybridized carbons (Fsp3) is 0.714. The first kappa shape index (κ1) is 16.6. The number of likely N-dealkylation sites (N-methyl/N-ethyl adjacent to an activating group) is 1. The monoisotopic (exact) mass is 376 g/mol. The third kappa shape index (κ3) is 4.56.